The van der Waals surface area contributed by atoms with E-state index in [1.165, 1.54) is 0 Å². The summed E-state index contributed by atoms with van der Waals surface area (Å²) in [5, 5.41) is 12.2. The summed E-state index contributed by atoms with van der Waals surface area (Å²) in [6.07, 6.45) is 0.554. The Kier molecular flexibility index (Phi) is 4.77. The number of halogens is 1. The number of benzene rings is 1. The molecule has 88 valence electrons. The molecule has 1 amide bonds. The van der Waals surface area contributed by atoms with Gasteiger partial charge in [0.15, 0.2) is 0 Å². The number of carbonyl (C=O) groups is 1. The highest BCUT2D eigenvalue weighted by molar-refractivity contribution is 6.30. The largest absolute Gasteiger partial charge is 0.396 e. The van der Waals surface area contributed by atoms with Gasteiger partial charge < -0.3 is 10.4 Å². The third-order valence-corrected chi connectivity index (χ3v) is 2.61. The first-order valence-electron chi connectivity index (χ1n) is 5.22. The maximum atomic E-state index is 11.8. The van der Waals surface area contributed by atoms with Crippen LogP contribution in [0.2, 0.25) is 5.02 Å². The molecule has 2 N–H and O–H groups in total. The lowest BCUT2D eigenvalue weighted by atomic mass is 10.1. The minimum atomic E-state index is -0.130. The zero-order valence-electron chi connectivity index (χ0n) is 9.46. The Hall–Kier alpha value is -1.06. The molecule has 1 aromatic rings. The smallest absolute Gasteiger partial charge is 0.251 e. The summed E-state index contributed by atoms with van der Waals surface area (Å²) in [4.78, 5) is 11.8. The molecule has 0 aliphatic heterocycles. The van der Waals surface area contributed by atoms with Gasteiger partial charge in [-0.1, -0.05) is 11.6 Å². The highest BCUT2D eigenvalue weighted by Gasteiger charge is 2.11. The van der Waals surface area contributed by atoms with E-state index in [4.69, 9.17) is 16.7 Å². The van der Waals surface area contributed by atoms with Gasteiger partial charge in [0.2, 0.25) is 0 Å². The Labute approximate surface area is 100 Å². The minimum Gasteiger partial charge on any atom is -0.396 e. The molecule has 16 heavy (non-hydrogen) atoms. The molecule has 0 radical (unpaired) electrons. The maximum Gasteiger partial charge on any atom is 0.251 e. The molecular formula is C12H16ClNO2. The molecule has 1 aromatic carbocycles. The summed E-state index contributed by atoms with van der Waals surface area (Å²) < 4.78 is 0. The van der Waals surface area contributed by atoms with Gasteiger partial charge in [-0.15, -0.1) is 0 Å². The van der Waals surface area contributed by atoms with E-state index < -0.39 is 0 Å². The second-order valence-electron chi connectivity index (χ2n) is 3.85. The van der Waals surface area contributed by atoms with Gasteiger partial charge in [0.05, 0.1) is 0 Å². The molecule has 0 heterocycles. The average molecular weight is 242 g/mol. The first-order valence-corrected chi connectivity index (χ1v) is 5.60. The van der Waals surface area contributed by atoms with E-state index in [0.29, 0.717) is 17.0 Å². The van der Waals surface area contributed by atoms with Crippen molar-refractivity contribution in [3.63, 3.8) is 0 Å². The predicted octanol–water partition coefficient (Wildman–Crippen LogP) is 2.15. The van der Waals surface area contributed by atoms with E-state index in [-0.39, 0.29) is 18.6 Å². The Morgan fingerprint density at radius 1 is 1.56 bits per heavy atom. The topological polar surface area (TPSA) is 49.3 Å². The van der Waals surface area contributed by atoms with Crippen LogP contribution in [-0.2, 0) is 0 Å². The summed E-state index contributed by atoms with van der Waals surface area (Å²) >= 11 is 5.81. The molecule has 0 saturated carbocycles. The van der Waals surface area contributed by atoms with Gasteiger partial charge in [0.25, 0.3) is 5.91 Å². The Morgan fingerprint density at radius 2 is 2.25 bits per heavy atom. The molecule has 0 aromatic heterocycles. The molecule has 0 aliphatic rings. The molecule has 0 spiro atoms. The lowest BCUT2D eigenvalue weighted by Gasteiger charge is -2.13. The van der Waals surface area contributed by atoms with Gasteiger partial charge in [-0.3, -0.25) is 4.79 Å². The van der Waals surface area contributed by atoms with Crippen LogP contribution in [-0.4, -0.2) is 23.7 Å². The molecular weight excluding hydrogens is 226 g/mol. The van der Waals surface area contributed by atoms with Crippen LogP contribution >= 0.6 is 11.6 Å². The molecule has 1 rings (SSSR count). The van der Waals surface area contributed by atoms with Crippen molar-refractivity contribution in [2.75, 3.05) is 6.61 Å². The van der Waals surface area contributed by atoms with Gasteiger partial charge in [-0.2, -0.15) is 0 Å². The lowest BCUT2D eigenvalue weighted by Crippen LogP contribution is -2.33. The van der Waals surface area contributed by atoms with Crippen molar-refractivity contribution in [2.24, 2.45) is 0 Å². The number of amides is 1. The highest BCUT2D eigenvalue weighted by atomic mass is 35.5. The standard InChI is InChI=1S/C12H16ClNO2/c1-8-7-10(13)3-4-11(8)12(16)14-9(2)5-6-15/h3-4,7,9,15H,5-6H2,1-2H3,(H,14,16). The van der Waals surface area contributed by atoms with E-state index in [9.17, 15) is 4.79 Å². The van der Waals surface area contributed by atoms with Crippen LogP contribution in [0.25, 0.3) is 0 Å². The van der Waals surface area contributed by atoms with Crippen molar-refractivity contribution in [1.29, 1.82) is 0 Å². The number of hydrogen-bond donors (Lipinski definition) is 2. The second-order valence-corrected chi connectivity index (χ2v) is 4.28. The molecule has 0 aliphatic carbocycles. The molecule has 0 fully saturated rings. The predicted molar refractivity (Wildman–Crippen MR) is 64.8 cm³/mol. The fraction of sp³-hybridized carbons (Fsp3) is 0.417. The van der Waals surface area contributed by atoms with Gasteiger partial charge in [0, 0.05) is 23.2 Å². The van der Waals surface area contributed by atoms with Crippen LogP contribution in [0.3, 0.4) is 0 Å². The van der Waals surface area contributed by atoms with E-state index >= 15 is 0 Å². The molecule has 4 heteroatoms. The first kappa shape index (κ1) is 13.0. The monoisotopic (exact) mass is 241 g/mol. The van der Waals surface area contributed by atoms with Crippen LogP contribution in [0, 0.1) is 6.92 Å². The van der Waals surface area contributed by atoms with Crippen LogP contribution in [0.4, 0.5) is 0 Å². The van der Waals surface area contributed by atoms with Crippen molar-refractivity contribution in [1.82, 2.24) is 5.32 Å². The van der Waals surface area contributed by atoms with Crippen molar-refractivity contribution in [2.45, 2.75) is 26.3 Å². The number of rotatable bonds is 4. The van der Waals surface area contributed by atoms with Crippen molar-refractivity contribution >= 4 is 17.5 Å². The normalized spacial score (nSPS) is 12.2. The lowest BCUT2D eigenvalue weighted by molar-refractivity contribution is 0.0934. The Bertz CT molecular complexity index is 379. The van der Waals surface area contributed by atoms with Crippen molar-refractivity contribution in [3.8, 4) is 0 Å². The van der Waals surface area contributed by atoms with E-state index in [1.54, 1.807) is 18.2 Å². The van der Waals surface area contributed by atoms with E-state index in [2.05, 4.69) is 5.32 Å². The fourth-order valence-electron chi connectivity index (χ4n) is 1.45. The van der Waals surface area contributed by atoms with E-state index in [0.717, 1.165) is 5.56 Å². The Balaban J connectivity index is 2.73. The van der Waals surface area contributed by atoms with Crippen LogP contribution in [0.1, 0.15) is 29.3 Å². The average Bonchev–Trinajstić information content (AvgIpc) is 2.17. The third kappa shape index (κ3) is 3.51. The quantitative estimate of drug-likeness (QED) is 0.849. The van der Waals surface area contributed by atoms with Gasteiger partial charge >= 0.3 is 0 Å². The number of aliphatic hydroxyl groups is 1. The first-order chi connectivity index (χ1) is 7.54. The van der Waals surface area contributed by atoms with E-state index in [1.807, 2.05) is 13.8 Å². The third-order valence-electron chi connectivity index (χ3n) is 2.37. The Morgan fingerprint density at radius 3 is 2.81 bits per heavy atom. The second kappa shape index (κ2) is 5.87. The van der Waals surface area contributed by atoms with Crippen molar-refractivity contribution < 1.29 is 9.90 Å². The summed E-state index contributed by atoms with van der Waals surface area (Å²) in [5.41, 5.74) is 1.47. The number of hydrogen-bond acceptors (Lipinski definition) is 2. The summed E-state index contributed by atoms with van der Waals surface area (Å²) in [5.74, 6) is -0.130. The molecule has 0 bridgehead atoms. The van der Waals surface area contributed by atoms with Crippen LogP contribution in [0.15, 0.2) is 18.2 Å². The molecule has 0 saturated heterocycles. The van der Waals surface area contributed by atoms with Crippen LogP contribution in [0.5, 0.6) is 0 Å². The summed E-state index contributed by atoms with van der Waals surface area (Å²) in [7, 11) is 0. The number of nitrogens with one attached hydrogen (secondary N) is 1. The zero-order valence-corrected chi connectivity index (χ0v) is 10.2. The maximum absolute atomic E-state index is 11.8. The van der Waals surface area contributed by atoms with Gasteiger partial charge in [0.1, 0.15) is 0 Å². The number of aryl methyl sites for hydroxylation is 1. The summed E-state index contributed by atoms with van der Waals surface area (Å²) in [6, 6.07) is 5.12. The highest BCUT2D eigenvalue weighted by Crippen LogP contribution is 2.15. The van der Waals surface area contributed by atoms with Crippen molar-refractivity contribution in [3.05, 3.63) is 34.3 Å². The fourth-order valence-corrected chi connectivity index (χ4v) is 1.68. The number of carbonyl (C=O) groups excluding carboxylic acids is 1. The van der Waals surface area contributed by atoms with Crippen LogP contribution < -0.4 is 5.32 Å². The SMILES string of the molecule is Cc1cc(Cl)ccc1C(=O)NC(C)CCO. The van der Waals surface area contributed by atoms with Gasteiger partial charge in [-0.05, 0) is 44.0 Å². The summed E-state index contributed by atoms with van der Waals surface area (Å²) in [6.45, 7) is 3.78. The van der Waals surface area contributed by atoms with Gasteiger partial charge in [-0.25, -0.2) is 0 Å². The minimum absolute atomic E-state index is 0.0346. The molecule has 3 nitrogen and oxygen atoms in total. The number of aliphatic hydroxyl groups excluding tert-OH is 1. The molecule has 1 atom stereocenters. The molecule has 1 unspecified atom stereocenters. The zero-order chi connectivity index (χ0) is 12.1.